The van der Waals surface area contributed by atoms with Crippen molar-refractivity contribution in [2.24, 2.45) is 0 Å². The summed E-state index contributed by atoms with van der Waals surface area (Å²) in [5.74, 6) is 4.01. The molecule has 0 amide bonds. The van der Waals surface area contributed by atoms with Crippen LogP contribution in [0.25, 0.3) is 44.4 Å². The molecule has 4 aromatic heterocycles. The lowest BCUT2D eigenvalue weighted by atomic mass is 10.2. The van der Waals surface area contributed by atoms with Gasteiger partial charge in [-0.2, -0.15) is 0 Å². The van der Waals surface area contributed by atoms with Crippen LogP contribution >= 0.6 is 0 Å². The van der Waals surface area contributed by atoms with Crippen molar-refractivity contribution in [1.82, 2.24) is 19.9 Å². The summed E-state index contributed by atoms with van der Waals surface area (Å²) in [7, 11) is 0. The van der Waals surface area contributed by atoms with E-state index in [0.29, 0.717) is 70.1 Å². The molecule has 0 saturated carbocycles. The zero-order chi connectivity index (χ0) is 37.7. The standard InChI is InChI=1S/4C10H11NO/c4*1-7(2)10-11-8-5-3-4-6-9(8)12-10/h4*3-7H,1-2H3/i6T;5T;4T;3T. The van der Waals surface area contributed by atoms with Crippen LogP contribution < -0.4 is 0 Å². The Morgan fingerprint density at radius 3 is 1.33 bits per heavy atom. The van der Waals surface area contributed by atoms with Crippen LogP contribution in [0.1, 0.15) is 108 Å². The topological polar surface area (TPSA) is 104 Å². The second kappa shape index (κ2) is 15.6. The number of rotatable bonds is 4. The number of hydrogen-bond donors (Lipinski definition) is 0. The van der Waals surface area contributed by atoms with Gasteiger partial charge in [-0.05, 0) is 48.5 Å². The Bertz CT molecular complexity index is 2240. The first kappa shape index (κ1) is 28.9. The van der Waals surface area contributed by atoms with Gasteiger partial charge in [0.05, 0.1) is 5.48 Å². The second-order valence-electron chi connectivity index (χ2n) is 12.4. The van der Waals surface area contributed by atoms with Gasteiger partial charge in [0.25, 0.3) is 0 Å². The lowest BCUT2D eigenvalue weighted by Gasteiger charge is -1.93. The normalized spacial score (nSPS) is 12.4. The first-order valence-electron chi connectivity index (χ1n) is 18.2. The molecule has 0 N–H and O–H groups in total. The zero-order valence-electron chi connectivity index (χ0n) is 32.7. The highest BCUT2D eigenvalue weighted by molar-refractivity contribution is 5.74. The van der Waals surface area contributed by atoms with Crippen LogP contribution in [-0.2, 0) is 0 Å². The lowest BCUT2D eigenvalue weighted by Crippen LogP contribution is -1.84. The number of fused-ring (bicyclic) bond motifs is 4. The summed E-state index contributed by atoms with van der Waals surface area (Å²) < 4.78 is 51.9. The average Bonchev–Trinajstić information content (AvgIpc) is 3.90. The number of aromatic nitrogens is 4. The molecular formula is C40H44N4O4. The Hall–Kier alpha value is -5.24. The molecule has 0 unspecified atom stereocenters. The van der Waals surface area contributed by atoms with Gasteiger partial charge in [-0.1, -0.05) is 104 Å². The molecule has 0 fully saturated rings. The van der Waals surface area contributed by atoms with Crippen molar-refractivity contribution in [2.75, 3.05) is 0 Å². The summed E-state index contributed by atoms with van der Waals surface area (Å²) in [6, 6.07) is 22.9. The van der Waals surface area contributed by atoms with Gasteiger partial charge in [-0.3, -0.25) is 0 Å². The summed E-state index contributed by atoms with van der Waals surface area (Å²) in [4.78, 5) is 17.1. The zero-order valence-corrected chi connectivity index (χ0v) is 28.7. The Balaban J connectivity index is 0.000000134. The Morgan fingerprint density at radius 1 is 0.396 bits per heavy atom. The molecule has 248 valence electrons. The van der Waals surface area contributed by atoms with Crippen LogP contribution in [0.3, 0.4) is 0 Å². The molecule has 0 atom stereocenters. The van der Waals surface area contributed by atoms with Crippen LogP contribution in [0.4, 0.5) is 0 Å². The van der Waals surface area contributed by atoms with E-state index in [4.69, 9.17) is 23.2 Å². The molecule has 8 nitrogen and oxygen atoms in total. The van der Waals surface area contributed by atoms with Gasteiger partial charge >= 0.3 is 0 Å². The molecule has 8 aromatic rings. The van der Waals surface area contributed by atoms with Crippen LogP contribution in [0, 0.1) is 0 Å². The summed E-state index contributed by atoms with van der Waals surface area (Å²) in [6.45, 7) is 16.2. The molecule has 0 spiro atoms. The van der Waals surface area contributed by atoms with E-state index in [1.165, 1.54) is 0 Å². The maximum atomic E-state index is 7.60. The van der Waals surface area contributed by atoms with Crippen molar-refractivity contribution in [3.8, 4) is 0 Å². The molecule has 8 rings (SSSR count). The third-order valence-electron chi connectivity index (χ3n) is 6.94. The monoisotopic (exact) mass is 652 g/mol. The summed E-state index contributed by atoms with van der Waals surface area (Å²) in [5, 5.41) is 0. The van der Waals surface area contributed by atoms with Gasteiger partial charge in [0.1, 0.15) is 22.1 Å². The highest BCUT2D eigenvalue weighted by atomic mass is 16.4. The minimum absolute atomic E-state index is 0.270. The maximum absolute atomic E-state index is 7.60. The van der Waals surface area contributed by atoms with Gasteiger partial charge in [-0.25, -0.2) is 19.9 Å². The van der Waals surface area contributed by atoms with E-state index < -0.39 is 0 Å². The first-order chi connectivity index (χ1) is 24.7. The molecular weight excluding hydrogens is 600 g/mol. The Morgan fingerprint density at radius 2 is 0.771 bits per heavy atom. The summed E-state index contributed by atoms with van der Waals surface area (Å²) in [5.41, 5.74) is 5.80. The van der Waals surface area contributed by atoms with Crippen molar-refractivity contribution >= 4 is 44.4 Å². The molecule has 0 aliphatic carbocycles. The minimum Gasteiger partial charge on any atom is -0.440 e. The highest BCUT2D eigenvalue weighted by Crippen LogP contribution is 2.23. The van der Waals surface area contributed by atoms with Crippen LogP contribution in [-0.4, -0.2) is 19.9 Å². The summed E-state index contributed by atoms with van der Waals surface area (Å²) in [6.07, 6.45) is 0. The van der Waals surface area contributed by atoms with Crippen LogP contribution in [0.15, 0.2) is 115 Å². The minimum atomic E-state index is 0.270. The van der Waals surface area contributed by atoms with Gasteiger partial charge in [0.2, 0.25) is 0 Å². The predicted octanol–water partition coefficient (Wildman–Crippen LogP) is 11.8. The van der Waals surface area contributed by atoms with E-state index in [1.807, 2.05) is 79.7 Å². The third-order valence-corrected chi connectivity index (χ3v) is 6.94. The number of para-hydroxylation sites is 8. The number of benzene rings is 4. The molecule has 0 aliphatic rings. The number of nitrogens with zero attached hydrogens (tertiary/aromatic N) is 4. The van der Waals surface area contributed by atoms with Crippen molar-refractivity contribution < 1.29 is 23.2 Å². The fraction of sp³-hybridized carbons (Fsp3) is 0.300. The van der Waals surface area contributed by atoms with E-state index in [1.54, 1.807) is 48.5 Å². The SMILES string of the molecule is [3H]c1ccc2nc(C(C)C)oc2c1.[3H]c1ccc2oc(C(C)C)nc2c1.[3H]c1cccc2nc(C(C)C)oc12.[3H]c1cccc2oc(C(C)C)nc12. The fourth-order valence-electron chi connectivity index (χ4n) is 4.31. The number of oxazole rings is 4. The molecule has 0 radical (unpaired) electrons. The average molecular weight is 653 g/mol. The summed E-state index contributed by atoms with van der Waals surface area (Å²) >= 11 is 0. The van der Waals surface area contributed by atoms with Crippen molar-refractivity contribution in [2.45, 2.75) is 79.1 Å². The van der Waals surface area contributed by atoms with Crippen molar-refractivity contribution in [3.05, 3.63) is 121 Å². The molecule has 48 heavy (non-hydrogen) atoms. The fourth-order valence-corrected chi connectivity index (χ4v) is 4.31. The highest BCUT2D eigenvalue weighted by Gasteiger charge is 2.10. The Labute approximate surface area is 286 Å². The van der Waals surface area contributed by atoms with Crippen molar-refractivity contribution in [1.29, 1.82) is 0 Å². The molecule has 0 aliphatic heterocycles. The van der Waals surface area contributed by atoms with Crippen LogP contribution in [0.5, 0.6) is 0 Å². The predicted molar refractivity (Wildman–Crippen MR) is 192 cm³/mol. The second-order valence-corrected chi connectivity index (χ2v) is 12.4. The smallest absolute Gasteiger partial charge is 0.198 e. The Kier molecular flexibility index (Phi) is 9.39. The van der Waals surface area contributed by atoms with E-state index in [-0.39, 0.29) is 11.8 Å². The largest absolute Gasteiger partial charge is 0.440 e. The maximum Gasteiger partial charge on any atom is 0.198 e. The third kappa shape index (κ3) is 8.56. The van der Waals surface area contributed by atoms with E-state index in [0.717, 1.165) is 33.9 Å². The molecule has 0 bridgehead atoms. The van der Waals surface area contributed by atoms with Gasteiger partial charge in [0, 0.05) is 23.7 Å². The molecule has 4 aromatic carbocycles. The van der Waals surface area contributed by atoms with Gasteiger partial charge < -0.3 is 17.7 Å². The van der Waals surface area contributed by atoms with Crippen molar-refractivity contribution in [3.63, 3.8) is 0 Å². The van der Waals surface area contributed by atoms with Gasteiger partial charge in [-0.15, -0.1) is 0 Å². The van der Waals surface area contributed by atoms with E-state index in [2.05, 4.69) is 19.9 Å². The van der Waals surface area contributed by atoms with E-state index in [9.17, 15) is 0 Å². The quantitative estimate of drug-likeness (QED) is 0.185. The van der Waals surface area contributed by atoms with Gasteiger partial charge in [0.15, 0.2) is 45.9 Å². The van der Waals surface area contributed by atoms with E-state index >= 15 is 0 Å². The molecule has 8 heteroatoms. The molecule has 0 saturated heterocycles. The first-order valence-corrected chi connectivity index (χ1v) is 16.2. The lowest BCUT2D eigenvalue weighted by molar-refractivity contribution is 0.501. The van der Waals surface area contributed by atoms with Crippen LogP contribution in [0.2, 0.25) is 0 Å². The molecule has 4 heterocycles. The number of hydrogen-bond acceptors (Lipinski definition) is 8.